The summed E-state index contributed by atoms with van der Waals surface area (Å²) in [6.07, 6.45) is 6.94. The van der Waals surface area contributed by atoms with Gasteiger partial charge in [-0.25, -0.2) is 13.8 Å². The largest absolute Gasteiger partial charge is 0.357 e. The summed E-state index contributed by atoms with van der Waals surface area (Å²) >= 11 is 0. The number of halogens is 2. The molecule has 1 saturated heterocycles. The molecule has 3 rings (SSSR count). The Hall–Kier alpha value is -2.44. The van der Waals surface area contributed by atoms with Crippen LogP contribution in [0, 0.1) is 17.6 Å². The predicted octanol–water partition coefficient (Wildman–Crippen LogP) is 3.25. The van der Waals surface area contributed by atoms with Crippen LogP contribution in [0.2, 0.25) is 0 Å². The summed E-state index contributed by atoms with van der Waals surface area (Å²) in [5.74, 6) is 0.321. The number of benzene rings is 1. The SMILES string of the molecule is CCNC(=NCCc1c(F)cccc1F)N1CCC(C)C(n2ccnc2)C1. The van der Waals surface area contributed by atoms with Gasteiger partial charge < -0.3 is 14.8 Å². The van der Waals surface area contributed by atoms with E-state index in [1.54, 1.807) is 6.20 Å². The van der Waals surface area contributed by atoms with Gasteiger partial charge in [-0.05, 0) is 37.8 Å². The van der Waals surface area contributed by atoms with Crippen molar-refractivity contribution in [2.75, 3.05) is 26.2 Å². The van der Waals surface area contributed by atoms with Crippen molar-refractivity contribution in [1.29, 1.82) is 0 Å². The molecule has 7 heteroatoms. The van der Waals surface area contributed by atoms with E-state index in [0.29, 0.717) is 18.5 Å². The highest BCUT2D eigenvalue weighted by Crippen LogP contribution is 2.27. The van der Waals surface area contributed by atoms with E-state index in [4.69, 9.17) is 0 Å². The summed E-state index contributed by atoms with van der Waals surface area (Å²) in [5.41, 5.74) is 0.0978. The number of hydrogen-bond donors (Lipinski definition) is 1. The van der Waals surface area contributed by atoms with E-state index in [1.165, 1.54) is 18.2 Å². The van der Waals surface area contributed by atoms with Crippen molar-refractivity contribution in [1.82, 2.24) is 19.8 Å². The van der Waals surface area contributed by atoms with Crippen LogP contribution in [0.3, 0.4) is 0 Å². The first-order valence-electron chi connectivity index (χ1n) is 9.53. The average Bonchev–Trinajstić information content (AvgIpc) is 3.18. The molecule has 1 aliphatic heterocycles. The van der Waals surface area contributed by atoms with E-state index in [-0.39, 0.29) is 12.0 Å². The van der Waals surface area contributed by atoms with Crippen LogP contribution in [0.1, 0.15) is 31.9 Å². The highest BCUT2D eigenvalue weighted by atomic mass is 19.1. The van der Waals surface area contributed by atoms with E-state index in [1.807, 2.05) is 19.4 Å². The number of imidazole rings is 1. The molecule has 1 fully saturated rings. The van der Waals surface area contributed by atoms with Gasteiger partial charge >= 0.3 is 0 Å². The minimum Gasteiger partial charge on any atom is -0.357 e. The number of aromatic nitrogens is 2. The van der Waals surface area contributed by atoms with Gasteiger partial charge in [0, 0.05) is 44.1 Å². The lowest BCUT2D eigenvalue weighted by Crippen LogP contribution is -2.49. The Labute approximate surface area is 159 Å². The van der Waals surface area contributed by atoms with Crippen molar-refractivity contribution in [3.8, 4) is 0 Å². The van der Waals surface area contributed by atoms with Crippen LogP contribution in [0.4, 0.5) is 8.78 Å². The van der Waals surface area contributed by atoms with Crippen LogP contribution < -0.4 is 5.32 Å². The molecule has 0 aliphatic carbocycles. The maximum Gasteiger partial charge on any atom is 0.193 e. The van der Waals surface area contributed by atoms with Crippen molar-refractivity contribution in [2.24, 2.45) is 10.9 Å². The smallest absolute Gasteiger partial charge is 0.193 e. The molecule has 146 valence electrons. The van der Waals surface area contributed by atoms with Crippen LogP contribution >= 0.6 is 0 Å². The van der Waals surface area contributed by atoms with E-state index < -0.39 is 11.6 Å². The Balaban J connectivity index is 1.69. The lowest BCUT2D eigenvalue weighted by Gasteiger charge is -2.39. The first-order valence-corrected chi connectivity index (χ1v) is 9.53. The standard InChI is InChI=1S/C20H27F2N5/c1-3-24-20(25-9-7-16-17(21)5-4-6-18(16)22)26-11-8-15(2)19(13-26)27-12-10-23-14-27/h4-6,10,12,14-15,19H,3,7-9,11,13H2,1-2H3,(H,24,25). The van der Waals surface area contributed by atoms with Crippen LogP contribution in [0.25, 0.3) is 0 Å². The number of piperidine rings is 1. The summed E-state index contributed by atoms with van der Waals surface area (Å²) < 4.78 is 29.8. The van der Waals surface area contributed by atoms with E-state index in [2.05, 4.69) is 31.7 Å². The predicted molar refractivity (Wildman–Crippen MR) is 103 cm³/mol. The first kappa shape index (κ1) is 19.3. The second kappa shape index (κ2) is 8.97. The third kappa shape index (κ3) is 4.64. The van der Waals surface area contributed by atoms with Crippen molar-refractivity contribution in [3.05, 3.63) is 54.1 Å². The minimum absolute atomic E-state index is 0.0978. The molecule has 5 nitrogen and oxygen atoms in total. The number of nitrogens with zero attached hydrogens (tertiary/aromatic N) is 4. The Morgan fingerprint density at radius 3 is 2.78 bits per heavy atom. The third-order valence-corrected chi connectivity index (χ3v) is 5.15. The van der Waals surface area contributed by atoms with Crippen LogP contribution in [0.15, 0.2) is 41.9 Å². The second-order valence-corrected chi connectivity index (χ2v) is 6.98. The normalized spacial score (nSPS) is 20.7. The molecule has 27 heavy (non-hydrogen) atoms. The van der Waals surface area contributed by atoms with Gasteiger partial charge in [0.1, 0.15) is 11.6 Å². The van der Waals surface area contributed by atoms with Gasteiger partial charge in [-0.1, -0.05) is 13.0 Å². The zero-order valence-corrected chi connectivity index (χ0v) is 15.9. The van der Waals surface area contributed by atoms with Gasteiger partial charge in [0.2, 0.25) is 0 Å². The summed E-state index contributed by atoms with van der Waals surface area (Å²) in [4.78, 5) is 11.0. The fourth-order valence-electron chi connectivity index (χ4n) is 3.57. The van der Waals surface area contributed by atoms with Gasteiger partial charge in [-0.15, -0.1) is 0 Å². The Morgan fingerprint density at radius 1 is 1.33 bits per heavy atom. The zero-order chi connectivity index (χ0) is 19.2. The maximum atomic E-state index is 13.8. The van der Waals surface area contributed by atoms with Crippen molar-refractivity contribution >= 4 is 5.96 Å². The Bertz CT molecular complexity index is 739. The Morgan fingerprint density at radius 2 is 2.11 bits per heavy atom. The van der Waals surface area contributed by atoms with E-state index in [9.17, 15) is 8.78 Å². The van der Waals surface area contributed by atoms with Gasteiger partial charge in [0.15, 0.2) is 5.96 Å². The summed E-state index contributed by atoms with van der Waals surface area (Å²) in [5, 5.41) is 3.31. The molecule has 2 unspecified atom stereocenters. The van der Waals surface area contributed by atoms with Gasteiger partial charge in [0.05, 0.1) is 12.4 Å². The van der Waals surface area contributed by atoms with Crippen LogP contribution in [0.5, 0.6) is 0 Å². The molecule has 2 atom stereocenters. The maximum absolute atomic E-state index is 13.8. The minimum atomic E-state index is -0.512. The fourth-order valence-corrected chi connectivity index (χ4v) is 3.57. The lowest BCUT2D eigenvalue weighted by molar-refractivity contribution is 0.189. The molecular formula is C20H27F2N5. The number of likely N-dealkylation sites (tertiary alicyclic amines) is 1. The number of nitrogens with one attached hydrogen (secondary N) is 1. The van der Waals surface area contributed by atoms with Crippen molar-refractivity contribution < 1.29 is 8.78 Å². The number of guanidine groups is 1. The molecular weight excluding hydrogens is 348 g/mol. The average molecular weight is 375 g/mol. The second-order valence-electron chi connectivity index (χ2n) is 6.98. The number of hydrogen-bond acceptors (Lipinski definition) is 2. The lowest BCUT2D eigenvalue weighted by atomic mass is 9.93. The topological polar surface area (TPSA) is 45.5 Å². The van der Waals surface area contributed by atoms with Gasteiger partial charge in [0.25, 0.3) is 0 Å². The van der Waals surface area contributed by atoms with Crippen molar-refractivity contribution in [3.63, 3.8) is 0 Å². The summed E-state index contributed by atoms with van der Waals surface area (Å²) in [7, 11) is 0. The molecule has 0 saturated carbocycles. The quantitative estimate of drug-likeness (QED) is 0.645. The van der Waals surface area contributed by atoms with Gasteiger partial charge in [-0.2, -0.15) is 0 Å². The van der Waals surface area contributed by atoms with Gasteiger partial charge in [-0.3, -0.25) is 4.99 Å². The molecule has 0 spiro atoms. The molecule has 1 aliphatic rings. The highest BCUT2D eigenvalue weighted by Gasteiger charge is 2.28. The Kier molecular flexibility index (Phi) is 6.42. The summed E-state index contributed by atoms with van der Waals surface area (Å²) in [6.45, 7) is 7.10. The van der Waals surface area contributed by atoms with E-state index in [0.717, 1.165) is 32.0 Å². The highest BCUT2D eigenvalue weighted by molar-refractivity contribution is 5.80. The molecule has 2 aromatic rings. The molecule has 0 radical (unpaired) electrons. The molecule has 1 aromatic heterocycles. The molecule has 1 aromatic carbocycles. The number of rotatable bonds is 5. The van der Waals surface area contributed by atoms with Crippen molar-refractivity contribution in [2.45, 2.75) is 32.7 Å². The molecule has 1 N–H and O–H groups in total. The number of aliphatic imine (C=N–C) groups is 1. The van der Waals surface area contributed by atoms with Crippen LogP contribution in [-0.2, 0) is 6.42 Å². The third-order valence-electron chi connectivity index (χ3n) is 5.15. The molecule has 0 bridgehead atoms. The zero-order valence-electron chi connectivity index (χ0n) is 15.9. The van der Waals surface area contributed by atoms with E-state index >= 15 is 0 Å². The molecule has 0 amide bonds. The fraction of sp³-hybridized carbons (Fsp3) is 0.500. The van der Waals surface area contributed by atoms with Crippen LogP contribution in [-0.4, -0.2) is 46.6 Å². The first-order chi connectivity index (χ1) is 13.1. The molecule has 2 heterocycles. The summed E-state index contributed by atoms with van der Waals surface area (Å²) in [6, 6.07) is 4.28. The monoisotopic (exact) mass is 375 g/mol.